The fourth-order valence-corrected chi connectivity index (χ4v) is 5.24. The smallest absolute Gasteiger partial charge is 0.272 e. The van der Waals surface area contributed by atoms with Gasteiger partial charge < -0.3 is 20.7 Å². The Morgan fingerprint density at radius 1 is 0.766 bits per heavy atom. The molecule has 3 N–H and O–H groups in total. The van der Waals surface area contributed by atoms with Crippen LogP contribution in [0.25, 0.3) is 6.08 Å². The first-order chi connectivity index (χ1) is 22.8. The summed E-state index contributed by atoms with van der Waals surface area (Å²) in [7, 11) is 0. The first-order valence-electron chi connectivity index (χ1n) is 14.8. The summed E-state index contributed by atoms with van der Waals surface area (Å²) in [5, 5.41) is 9.05. The van der Waals surface area contributed by atoms with Crippen LogP contribution in [0, 0.1) is 6.92 Å². The summed E-state index contributed by atoms with van der Waals surface area (Å²) in [6.45, 7) is 2.33. The van der Waals surface area contributed by atoms with Gasteiger partial charge in [-0.15, -0.1) is 11.8 Å². The highest BCUT2D eigenvalue weighted by Gasteiger charge is 2.15. The second kappa shape index (κ2) is 16.3. The van der Waals surface area contributed by atoms with Crippen molar-refractivity contribution in [3.05, 3.63) is 160 Å². The summed E-state index contributed by atoms with van der Waals surface area (Å²) in [5.41, 5.74) is 4.36. The first-order valence-corrected chi connectivity index (χ1v) is 16.1. The van der Waals surface area contributed by atoms with Crippen LogP contribution in [0.2, 0.25) is 5.02 Å². The molecule has 9 heteroatoms. The molecule has 0 aliphatic rings. The van der Waals surface area contributed by atoms with Gasteiger partial charge in [0.25, 0.3) is 11.8 Å². The van der Waals surface area contributed by atoms with Gasteiger partial charge in [0.2, 0.25) is 5.91 Å². The minimum absolute atomic E-state index is 0.0724. The van der Waals surface area contributed by atoms with Crippen molar-refractivity contribution in [3.8, 4) is 5.75 Å². The van der Waals surface area contributed by atoms with Gasteiger partial charge in [-0.2, -0.15) is 0 Å². The van der Waals surface area contributed by atoms with Crippen LogP contribution in [-0.2, 0) is 16.2 Å². The van der Waals surface area contributed by atoms with Crippen molar-refractivity contribution in [3.63, 3.8) is 0 Å². The number of hydrogen-bond acceptors (Lipinski definition) is 5. The zero-order valence-corrected chi connectivity index (χ0v) is 27.1. The number of rotatable bonds is 12. The van der Waals surface area contributed by atoms with E-state index < -0.39 is 11.8 Å². The topological polar surface area (TPSA) is 96.5 Å². The monoisotopic (exact) mass is 661 g/mol. The number of aryl methyl sites for hydroxylation is 1. The Hall–Kier alpha value is -5.31. The van der Waals surface area contributed by atoms with Crippen LogP contribution < -0.4 is 20.7 Å². The molecule has 3 amide bonds. The third kappa shape index (κ3) is 10.1. The van der Waals surface area contributed by atoms with Gasteiger partial charge in [-0.05, 0) is 90.4 Å². The lowest BCUT2D eigenvalue weighted by Crippen LogP contribution is -2.30. The highest BCUT2D eigenvalue weighted by atomic mass is 35.5. The molecule has 5 aromatic rings. The van der Waals surface area contributed by atoms with E-state index in [-0.39, 0.29) is 17.4 Å². The lowest BCUT2D eigenvalue weighted by Gasteiger charge is -2.12. The first kappa shape index (κ1) is 33.1. The van der Waals surface area contributed by atoms with Crippen LogP contribution in [0.4, 0.5) is 11.4 Å². The Morgan fingerprint density at radius 2 is 1.43 bits per heavy atom. The molecule has 5 aromatic carbocycles. The third-order valence-electron chi connectivity index (χ3n) is 6.91. The van der Waals surface area contributed by atoms with Crippen LogP contribution in [-0.4, -0.2) is 23.5 Å². The molecule has 0 aliphatic heterocycles. The molecular formula is C38H32ClN3O4S. The number of carbonyl (C=O) groups is 3. The van der Waals surface area contributed by atoms with E-state index in [0.717, 1.165) is 16.0 Å². The summed E-state index contributed by atoms with van der Waals surface area (Å²) >= 11 is 7.52. The zero-order chi connectivity index (χ0) is 33.0. The molecule has 0 aromatic heterocycles. The molecule has 7 nitrogen and oxygen atoms in total. The van der Waals surface area contributed by atoms with Crippen molar-refractivity contribution in [2.45, 2.75) is 18.4 Å². The van der Waals surface area contributed by atoms with Crippen molar-refractivity contribution in [2.75, 3.05) is 16.4 Å². The zero-order valence-electron chi connectivity index (χ0n) is 25.5. The highest BCUT2D eigenvalue weighted by molar-refractivity contribution is 8.00. The van der Waals surface area contributed by atoms with Crippen LogP contribution >= 0.6 is 23.4 Å². The number of amides is 3. The molecule has 0 spiro atoms. The number of halogens is 1. The van der Waals surface area contributed by atoms with Gasteiger partial charge in [0.15, 0.2) is 0 Å². The van der Waals surface area contributed by atoms with E-state index in [1.807, 2.05) is 91.9 Å². The maximum atomic E-state index is 13.4. The minimum atomic E-state index is -0.491. The Morgan fingerprint density at radius 3 is 2.11 bits per heavy atom. The van der Waals surface area contributed by atoms with Gasteiger partial charge in [0, 0.05) is 26.9 Å². The standard InChI is InChI=1S/C38H32ClN3O4S/c1-26-12-15-31(23-34(26)39)40-36(43)25-47-33-20-16-30(17-21-33)41-38(45)35(42-37(44)29-10-6-3-7-11-29)22-27-13-18-32(19-14-27)46-24-28-8-4-2-5-9-28/h2-23H,24-25H2,1H3,(H,40,43)(H,41,45)(H,42,44)/b35-22-. The van der Waals surface area contributed by atoms with Gasteiger partial charge in [-0.25, -0.2) is 0 Å². The Labute approximate surface area is 283 Å². The number of anilines is 2. The van der Waals surface area contributed by atoms with E-state index in [4.69, 9.17) is 16.3 Å². The molecule has 0 unspecified atom stereocenters. The summed E-state index contributed by atoms with van der Waals surface area (Å²) in [6.07, 6.45) is 1.61. The molecule has 0 aliphatic carbocycles. The molecule has 0 radical (unpaired) electrons. The van der Waals surface area contributed by atoms with E-state index in [0.29, 0.717) is 39.9 Å². The fourth-order valence-electron chi connectivity index (χ4n) is 4.36. The maximum Gasteiger partial charge on any atom is 0.272 e. The van der Waals surface area contributed by atoms with E-state index in [1.165, 1.54) is 11.8 Å². The van der Waals surface area contributed by atoms with E-state index in [2.05, 4.69) is 16.0 Å². The van der Waals surface area contributed by atoms with Gasteiger partial charge >= 0.3 is 0 Å². The summed E-state index contributed by atoms with van der Waals surface area (Å²) in [4.78, 5) is 39.7. The molecule has 47 heavy (non-hydrogen) atoms. The number of thioether (sulfide) groups is 1. The second-order valence-corrected chi connectivity index (χ2v) is 12.0. The number of nitrogens with one attached hydrogen (secondary N) is 3. The fraction of sp³-hybridized carbons (Fsp3) is 0.0789. The quantitative estimate of drug-likeness (QED) is 0.0922. The van der Waals surface area contributed by atoms with Crippen LogP contribution in [0.5, 0.6) is 5.75 Å². The third-order valence-corrected chi connectivity index (χ3v) is 8.33. The molecule has 0 heterocycles. The SMILES string of the molecule is Cc1ccc(NC(=O)CSc2ccc(NC(=O)/C(=C/c3ccc(OCc4ccccc4)cc3)NC(=O)c3ccccc3)cc2)cc1Cl. The molecule has 0 saturated heterocycles. The predicted molar refractivity (Wildman–Crippen MR) is 190 cm³/mol. The number of carbonyl (C=O) groups excluding carboxylic acids is 3. The van der Waals surface area contributed by atoms with Crippen molar-refractivity contribution >= 4 is 58.5 Å². The van der Waals surface area contributed by atoms with Gasteiger partial charge in [0.05, 0.1) is 5.75 Å². The summed E-state index contributed by atoms with van der Waals surface area (Å²) in [6, 6.07) is 38.3. The van der Waals surface area contributed by atoms with E-state index >= 15 is 0 Å². The second-order valence-electron chi connectivity index (χ2n) is 10.5. The maximum absolute atomic E-state index is 13.4. The molecule has 236 valence electrons. The Balaban J connectivity index is 1.22. The Bertz CT molecular complexity index is 1860. The number of ether oxygens (including phenoxy) is 1. The van der Waals surface area contributed by atoms with Crippen molar-refractivity contribution in [1.29, 1.82) is 0 Å². The van der Waals surface area contributed by atoms with Gasteiger partial charge in [-0.1, -0.05) is 78.3 Å². The summed E-state index contributed by atoms with van der Waals surface area (Å²) < 4.78 is 5.88. The van der Waals surface area contributed by atoms with Crippen molar-refractivity contribution in [2.24, 2.45) is 0 Å². The minimum Gasteiger partial charge on any atom is -0.489 e. The molecular weight excluding hydrogens is 630 g/mol. The predicted octanol–water partition coefficient (Wildman–Crippen LogP) is 8.37. The average Bonchev–Trinajstić information content (AvgIpc) is 3.09. The highest BCUT2D eigenvalue weighted by Crippen LogP contribution is 2.23. The largest absolute Gasteiger partial charge is 0.489 e. The van der Waals surface area contributed by atoms with Gasteiger partial charge in [-0.3, -0.25) is 14.4 Å². The molecule has 0 saturated carbocycles. The Kier molecular flexibility index (Phi) is 11.5. The van der Waals surface area contributed by atoms with E-state index in [9.17, 15) is 14.4 Å². The lowest BCUT2D eigenvalue weighted by atomic mass is 10.1. The molecule has 5 rings (SSSR count). The van der Waals surface area contributed by atoms with E-state index in [1.54, 1.807) is 48.5 Å². The van der Waals surface area contributed by atoms with Crippen LogP contribution in [0.3, 0.4) is 0 Å². The number of benzene rings is 5. The normalized spacial score (nSPS) is 11.0. The molecule has 0 fully saturated rings. The number of hydrogen-bond donors (Lipinski definition) is 3. The van der Waals surface area contributed by atoms with Crippen molar-refractivity contribution in [1.82, 2.24) is 5.32 Å². The van der Waals surface area contributed by atoms with Crippen molar-refractivity contribution < 1.29 is 19.1 Å². The lowest BCUT2D eigenvalue weighted by molar-refractivity contribution is -0.114. The van der Waals surface area contributed by atoms with Crippen LogP contribution in [0.1, 0.15) is 27.0 Å². The van der Waals surface area contributed by atoms with Gasteiger partial charge in [0.1, 0.15) is 18.1 Å². The molecule has 0 bridgehead atoms. The van der Waals surface area contributed by atoms with Crippen LogP contribution in [0.15, 0.2) is 138 Å². The summed E-state index contributed by atoms with van der Waals surface area (Å²) in [5.74, 6) is -0.179. The average molecular weight is 662 g/mol. The molecule has 0 atom stereocenters.